The number of ketones is 1. The minimum Gasteiger partial charge on any atom is -0.330 e. The van der Waals surface area contributed by atoms with Crippen LogP contribution in [0.4, 0.5) is 13.2 Å². The van der Waals surface area contributed by atoms with E-state index in [1.807, 2.05) is 0 Å². The lowest BCUT2D eigenvalue weighted by Gasteiger charge is -2.41. The van der Waals surface area contributed by atoms with E-state index in [0.29, 0.717) is 0 Å². The topological polar surface area (TPSA) is 43.4 Å². The highest BCUT2D eigenvalue weighted by Gasteiger charge is 2.63. The zero-order valence-corrected chi connectivity index (χ0v) is 16.0. The van der Waals surface area contributed by atoms with E-state index in [-0.39, 0.29) is 11.1 Å². The number of Topliss-reactive ketones (excluding diaryl/α,β-unsaturated/α-hetero) is 1. The van der Waals surface area contributed by atoms with Crippen molar-refractivity contribution in [2.45, 2.75) is 24.3 Å². The molecule has 1 atom stereocenters. The third-order valence-electron chi connectivity index (χ3n) is 4.89. The molecule has 0 bridgehead atoms. The summed E-state index contributed by atoms with van der Waals surface area (Å²) in [6.45, 7) is 1.14. The van der Waals surface area contributed by atoms with Crippen molar-refractivity contribution in [2.24, 2.45) is 0 Å². The number of hydrogen-bond donors (Lipinski definition) is 0. The highest BCUT2D eigenvalue weighted by atomic mass is 19.4. The first-order valence-corrected chi connectivity index (χ1v) is 9.12. The number of ether oxygens (including phenoxy) is 1. The molecule has 3 aromatic rings. The highest BCUT2D eigenvalue weighted by molar-refractivity contribution is 5.91. The van der Waals surface area contributed by atoms with Gasteiger partial charge in [0.05, 0.1) is 0 Å². The smallest absolute Gasteiger partial charge is 0.330 e. The Morgan fingerprint density at radius 1 is 0.733 bits per heavy atom. The molecule has 0 aliphatic rings. The van der Waals surface area contributed by atoms with Gasteiger partial charge in [-0.3, -0.25) is 9.59 Å². The maximum atomic E-state index is 14.4. The summed E-state index contributed by atoms with van der Waals surface area (Å²) in [6, 6.07) is 22.1. The summed E-state index contributed by atoms with van der Waals surface area (Å²) in [5, 5.41) is 0. The maximum Gasteiger partial charge on any atom is 0.429 e. The van der Waals surface area contributed by atoms with Crippen LogP contribution in [-0.2, 0) is 25.5 Å². The van der Waals surface area contributed by atoms with Crippen LogP contribution in [0.3, 0.4) is 0 Å². The number of alkyl halides is 3. The van der Waals surface area contributed by atoms with Gasteiger partial charge < -0.3 is 4.74 Å². The molecule has 0 amide bonds. The lowest BCUT2D eigenvalue weighted by atomic mass is 9.81. The predicted octanol–water partition coefficient (Wildman–Crippen LogP) is 5.10. The normalized spacial score (nSPS) is 14.0. The lowest BCUT2D eigenvalue weighted by Crippen LogP contribution is -2.54. The van der Waals surface area contributed by atoms with Gasteiger partial charge in [0.2, 0.25) is 6.29 Å². The quantitative estimate of drug-likeness (QED) is 0.543. The van der Waals surface area contributed by atoms with E-state index >= 15 is 0 Å². The van der Waals surface area contributed by atoms with Crippen molar-refractivity contribution in [2.75, 3.05) is 0 Å². The Labute approximate surface area is 172 Å². The molecule has 1 unspecified atom stereocenters. The third-order valence-corrected chi connectivity index (χ3v) is 4.89. The molecule has 153 valence electrons. The zero-order chi connectivity index (χ0) is 21.8. The van der Waals surface area contributed by atoms with Gasteiger partial charge in [-0.1, -0.05) is 91.0 Å². The molecule has 0 aliphatic carbocycles. The van der Waals surface area contributed by atoms with E-state index < -0.39 is 28.7 Å². The standard InChI is InChI=1S/C24H18F3O3/c1-18(29)23(20-13-7-3-8-14-20,21-15-9-4-10-16-21)30-22(17-28,24(25,26)27)19-11-5-2-6-12-19/h2-16H,1H3. The molecular weight excluding hydrogens is 393 g/mol. The average molecular weight is 411 g/mol. The Balaban J connectivity index is 2.36. The van der Waals surface area contributed by atoms with E-state index in [1.54, 1.807) is 36.4 Å². The van der Waals surface area contributed by atoms with Crippen molar-refractivity contribution in [1.29, 1.82) is 0 Å². The largest absolute Gasteiger partial charge is 0.429 e. The van der Waals surface area contributed by atoms with Gasteiger partial charge in [-0.15, -0.1) is 0 Å². The molecular formula is C24H18F3O3. The summed E-state index contributed by atoms with van der Waals surface area (Å²) in [7, 11) is 0. The number of hydrogen-bond acceptors (Lipinski definition) is 3. The van der Waals surface area contributed by atoms with Gasteiger partial charge >= 0.3 is 6.18 Å². The summed E-state index contributed by atoms with van der Waals surface area (Å²) in [5.41, 5.74) is -5.80. The van der Waals surface area contributed by atoms with E-state index in [2.05, 4.69) is 0 Å². The second-order valence-electron chi connectivity index (χ2n) is 6.72. The molecule has 0 fully saturated rings. The minimum atomic E-state index is -5.18. The lowest BCUT2D eigenvalue weighted by molar-refractivity contribution is -0.278. The van der Waals surface area contributed by atoms with Crippen LogP contribution in [0.5, 0.6) is 0 Å². The molecule has 0 N–H and O–H groups in total. The van der Waals surface area contributed by atoms with E-state index in [1.165, 1.54) is 42.5 Å². The zero-order valence-electron chi connectivity index (χ0n) is 16.0. The summed E-state index contributed by atoms with van der Waals surface area (Å²) in [6.07, 6.45) is -4.11. The van der Waals surface area contributed by atoms with Crippen LogP contribution in [0, 0.1) is 0 Å². The summed E-state index contributed by atoms with van der Waals surface area (Å²) in [5.74, 6) is -0.709. The molecule has 6 heteroatoms. The van der Waals surface area contributed by atoms with Gasteiger partial charge in [0.1, 0.15) is 0 Å². The van der Waals surface area contributed by atoms with Crippen molar-refractivity contribution in [3.05, 3.63) is 108 Å². The predicted molar refractivity (Wildman–Crippen MR) is 105 cm³/mol. The molecule has 0 heterocycles. The SMILES string of the molecule is CC(=O)C(OC([C]=O)(c1ccccc1)C(F)(F)F)(c1ccccc1)c1ccccc1. The Morgan fingerprint density at radius 2 is 1.10 bits per heavy atom. The molecule has 0 saturated carbocycles. The molecule has 3 rings (SSSR count). The monoisotopic (exact) mass is 411 g/mol. The summed E-state index contributed by atoms with van der Waals surface area (Å²) < 4.78 is 48.8. The second-order valence-corrected chi connectivity index (χ2v) is 6.72. The second kappa shape index (κ2) is 8.24. The Kier molecular flexibility index (Phi) is 5.89. The van der Waals surface area contributed by atoms with Gasteiger partial charge in [-0.2, -0.15) is 13.2 Å². The van der Waals surface area contributed by atoms with Gasteiger partial charge in [0, 0.05) is 5.56 Å². The molecule has 1 radical (unpaired) electrons. The van der Waals surface area contributed by atoms with Crippen molar-refractivity contribution in [1.82, 2.24) is 0 Å². The molecule has 30 heavy (non-hydrogen) atoms. The Bertz CT molecular complexity index is 963. The maximum absolute atomic E-state index is 14.4. The van der Waals surface area contributed by atoms with Gasteiger partial charge in [-0.05, 0) is 18.1 Å². The molecule has 0 aliphatic heterocycles. The van der Waals surface area contributed by atoms with E-state index in [9.17, 15) is 22.8 Å². The van der Waals surface area contributed by atoms with Crippen molar-refractivity contribution < 1.29 is 27.5 Å². The molecule has 0 spiro atoms. The first kappa shape index (κ1) is 21.5. The molecule has 0 aromatic heterocycles. The van der Waals surface area contributed by atoms with E-state index in [4.69, 9.17) is 4.74 Å². The molecule has 0 saturated heterocycles. The first-order valence-electron chi connectivity index (χ1n) is 9.12. The van der Waals surface area contributed by atoms with E-state index in [0.717, 1.165) is 25.3 Å². The number of rotatable bonds is 7. The summed E-state index contributed by atoms with van der Waals surface area (Å²) in [4.78, 5) is 25.0. The third kappa shape index (κ3) is 3.55. The van der Waals surface area contributed by atoms with Crippen molar-refractivity contribution in [3.8, 4) is 0 Å². The van der Waals surface area contributed by atoms with Crippen LogP contribution in [0.15, 0.2) is 91.0 Å². The van der Waals surface area contributed by atoms with Crippen LogP contribution < -0.4 is 0 Å². The van der Waals surface area contributed by atoms with Gasteiger partial charge in [0.25, 0.3) is 5.60 Å². The fourth-order valence-corrected chi connectivity index (χ4v) is 3.43. The van der Waals surface area contributed by atoms with Crippen LogP contribution >= 0.6 is 0 Å². The molecule has 3 aromatic carbocycles. The van der Waals surface area contributed by atoms with Crippen LogP contribution in [0.1, 0.15) is 23.6 Å². The Morgan fingerprint density at radius 3 is 1.40 bits per heavy atom. The minimum absolute atomic E-state index is 0.170. The average Bonchev–Trinajstić information content (AvgIpc) is 2.76. The fourth-order valence-electron chi connectivity index (χ4n) is 3.43. The summed E-state index contributed by atoms with van der Waals surface area (Å²) >= 11 is 0. The number of carbonyl (C=O) groups excluding carboxylic acids is 2. The number of halogens is 3. The van der Waals surface area contributed by atoms with Crippen LogP contribution in [0.25, 0.3) is 0 Å². The van der Waals surface area contributed by atoms with Crippen LogP contribution in [0.2, 0.25) is 0 Å². The van der Waals surface area contributed by atoms with Gasteiger partial charge in [0.15, 0.2) is 11.4 Å². The fraction of sp³-hybridized carbons (Fsp3) is 0.167. The van der Waals surface area contributed by atoms with Crippen molar-refractivity contribution >= 4 is 12.1 Å². The number of carbonyl (C=O) groups is 1. The first-order chi connectivity index (χ1) is 14.3. The van der Waals surface area contributed by atoms with Crippen LogP contribution in [-0.4, -0.2) is 18.2 Å². The Hall–Kier alpha value is -3.25. The molecule has 3 nitrogen and oxygen atoms in total. The highest BCUT2D eigenvalue weighted by Crippen LogP contribution is 2.48. The van der Waals surface area contributed by atoms with Gasteiger partial charge in [-0.25, -0.2) is 0 Å². The van der Waals surface area contributed by atoms with Crippen molar-refractivity contribution in [3.63, 3.8) is 0 Å². The number of benzene rings is 3.